The molecule has 0 spiro atoms. The molecule has 0 unspecified atom stereocenters. The lowest BCUT2D eigenvalue weighted by molar-refractivity contribution is 0.0776. The normalized spacial score (nSPS) is 15.6. The second-order valence-electron chi connectivity index (χ2n) is 8.26. The minimum atomic E-state index is -0.290. The number of nitrogens with one attached hydrogen (secondary N) is 2. The average molecular weight is 393 g/mol. The lowest BCUT2D eigenvalue weighted by Crippen LogP contribution is -2.26. The van der Waals surface area contributed by atoms with E-state index in [0.29, 0.717) is 53.5 Å². The smallest absolute Gasteiger partial charge is 0.272 e. The quantitative estimate of drug-likeness (QED) is 0.691. The van der Waals surface area contributed by atoms with Crippen LogP contribution in [-0.2, 0) is 6.54 Å². The molecule has 1 saturated carbocycles. The van der Waals surface area contributed by atoms with Crippen LogP contribution in [-0.4, -0.2) is 34.0 Å². The fourth-order valence-corrected chi connectivity index (χ4v) is 3.98. The monoisotopic (exact) mass is 393 g/mol. The van der Waals surface area contributed by atoms with E-state index in [1.165, 1.54) is 0 Å². The molecule has 2 amide bonds. The number of rotatable bonds is 7. The third-order valence-electron chi connectivity index (χ3n) is 5.88. The zero-order chi connectivity index (χ0) is 20.7. The number of hydrogen-bond acceptors (Lipinski definition) is 3. The van der Waals surface area contributed by atoms with Gasteiger partial charge in [0.1, 0.15) is 5.69 Å². The number of amides is 2. The van der Waals surface area contributed by atoms with E-state index in [1.807, 2.05) is 26.0 Å². The van der Waals surface area contributed by atoms with E-state index in [4.69, 9.17) is 0 Å². The average Bonchev–Trinajstić information content (AvgIpc) is 3.36. The van der Waals surface area contributed by atoms with Crippen LogP contribution in [0.15, 0.2) is 18.2 Å². The van der Waals surface area contributed by atoms with Gasteiger partial charge in [0.05, 0.1) is 12.1 Å². The second kappa shape index (κ2) is 7.50. The van der Waals surface area contributed by atoms with Crippen molar-refractivity contribution in [2.75, 3.05) is 11.9 Å². The largest absolute Gasteiger partial charge is 0.352 e. The van der Waals surface area contributed by atoms with Crippen molar-refractivity contribution < 1.29 is 14.4 Å². The zero-order valence-electron chi connectivity index (χ0n) is 17.2. The number of aryl methyl sites for hydroxylation is 1. The molecule has 1 aliphatic heterocycles. The number of aromatic nitrogens is 1. The van der Waals surface area contributed by atoms with E-state index in [0.717, 1.165) is 30.5 Å². The van der Waals surface area contributed by atoms with Gasteiger partial charge in [0.2, 0.25) is 0 Å². The number of aromatic amines is 1. The van der Waals surface area contributed by atoms with Crippen molar-refractivity contribution in [3.05, 3.63) is 51.8 Å². The maximum atomic E-state index is 12.9. The number of carbonyl (C=O) groups is 3. The summed E-state index contributed by atoms with van der Waals surface area (Å²) in [6, 6.07) is 5.45. The highest BCUT2D eigenvalue weighted by atomic mass is 16.2. The highest BCUT2D eigenvalue weighted by Crippen LogP contribution is 2.34. The van der Waals surface area contributed by atoms with Crippen LogP contribution in [0, 0.1) is 19.8 Å². The van der Waals surface area contributed by atoms with Gasteiger partial charge in [-0.15, -0.1) is 0 Å². The van der Waals surface area contributed by atoms with Crippen LogP contribution >= 0.6 is 0 Å². The Morgan fingerprint density at radius 1 is 1.24 bits per heavy atom. The van der Waals surface area contributed by atoms with Gasteiger partial charge in [0, 0.05) is 29.9 Å². The number of H-pyrrole nitrogens is 1. The molecule has 0 saturated heterocycles. The maximum absolute atomic E-state index is 12.9. The summed E-state index contributed by atoms with van der Waals surface area (Å²) in [5.74, 6) is 0.343. The number of ketones is 1. The molecular weight excluding hydrogens is 366 g/mol. The van der Waals surface area contributed by atoms with E-state index < -0.39 is 0 Å². The van der Waals surface area contributed by atoms with Crippen LogP contribution in [0.1, 0.15) is 80.6 Å². The van der Waals surface area contributed by atoms with Gasteiger partial charge >= 0.3 is 0 Å². The number of hydrogen-bond donors (Lipinski definition) is 2. The molecule has 2 aliphatic rings. The summed E-state index contributed by atoms with van der Waals surface area (Å²) in [6.07, 6.45) is 3.74. The summed E-state index contributed by atoms with van der Waals surface area (Å²) in [5.41, 5.74) is 4.67. The second-order valence-corrected chi connectivity index (χ2v) is 8.26. The first kappa shape index (κ1) is 19.4. The van der Waals surface area contributed by atoms with Crippen molar-refractivity contribution in [3.8, 4) is 0 Å². The predicted molar refractivity (Wildman–Crippen MR) is 111 cm³/mol. The Bertz CT molecular complexity index is 1000. The number of anilines is 1. The van der Waals surface area contributed by atoms with Crippen LogP contribution in [0.2, 0.25) is 0 Å². The Kier molecular flexibility index (Phi) is 5.03. The Labute approximate surface area is 170 Å². The number of carbonyl (C=O) groups excluding carboxylic acids is 3. The van der Waals surface area contributed by atoms with Crippen molar-refractivity contribution >= 4 is 23.3 Å². The number of Topliss-reactive ketones (excluding diaryl/α,β-unsaturated/α-hetero) is 1. The third-order valence-corrected chi connectivity index (χ3v) is 5.88. The van der Waals surface area contributed by atoms with Crippen LogP contribution in [0.5, 0.6) is 0 Å². The van der Waals surface area contributed by atoms with Gasteiger partial charge in [0.25, 0.3) is 11.8 Å². The molecule has 1 aliphatic carbocycles. The SMILES string of the molecule is CCCN1Cc2[nH]c(C(=O)Nc3cc(C(=O)CC4CC4)ccc3C)c(C)c2C1=O. The highest BCUT2D eigenvalue weighted by Gasteiger charge is 2.33. The van der Waals surface area contributed by atoms with Gasteiger partial charge in [-0.2, -0.15) is 0 Å². The van der Waals surface area contributed by atoms with Crippen LogP contribution in [0.3, 0.4) is 0 Å². The molecular formula is C23H27N3O3. The molecule has 2 N–H and O–H groups in total. The van der Waals surface area contributed by atoms with Crippen molar-refractivity contribution in [2.45, 2.75) is 53.0 Å². The minimum Gasteiger partial charge on any atom is -0.352 e. The third kappa shape index (κ3) is 3.71. The summed E-state index contributed by atoms with van der Waals surface area (Å²) < 4.78 is 0. The Morgan fingerprint density at radius 3 is 2.66 bits per heavy atom. The van der Waals surface area contributed by atoms with Crippen molar-refractivity contribution in [3.63, 3.8) is 0 Å². The van der Waals surface area contributed by atoms with Crippen LogP contribution in [0.25, 0.3) is 0 Å². The summed E-state index contributed by atoms with van der Waals surface area (Å²) in [4.78, 5) is 42.9. The predicted octanol–water partition coefficient (Wildman–Crippen LogP) is 4.23. The number of benzene rings is 1. The molecule has 1 aromatic heterocycles. The van der Waals surface area contributed by atoms with E-state index in [-0.39, 0.29) is 17.6 Å². The van der Waals surface area contributed by atoms with Crippen molar-refractivity contribution in [2.24, 2.45) is 5.92 Å². The number of fused-ring (bicyclic) bond motifs is 1. The van der Waals surface area contributed by atoms with E-state index in [2.05, 4.69) is 10.3 Å². The van der Waals surface area contributed by atoms with Gasteiger partial charge in [-0.05, 0) is 56.2 Å². The first-order chi connectivity index (χ1) is 13.9. The lowest BCUT2D eigenvalue weighted by atomic mass is 10.0. The molecule has 2 aromatic rings. The molecule has 0 atom stereocenters. The van der Waals surface area contributed by atoms with E-state index in [1.54, 1.807) is 17.9 Å². The Morgan fingerprint density at radius 2 is 2.00 bits per heavy atom. The molecule has 0 bridgehead atoms. The summed E-state index contributed by atoms with van der Waals surface area (Å²) >= 11 is 0. The van der Waals surface area contributed by atoms with Crippen LogP contribution in [0.4, 0.5) is 5.69 Å². The molecule has 6 nitrogen and oxygen atoms in total. The molecule has 6 heteroatoms. The van der Waals surface area contributed by atoms with Crippen molar-refractivity contribution in [1.82, 2.24) is 9.88 Å². The maximum Gasteiger partial charge on any atom is 0.272 e. The molecule has 4 rings (SSSR count). The van der Waals surface area contributed by atoms with E-state index in [9.17, 15) is 14.4 Å². The molecule has 29 heavy (non-hydrogen) atoms. The van der Waals surface area contributed by atoms with Crippen molar-refractivity contribution in [1.29, 1.82) is 0 Å². The highest BCUT2D eigenvalue weighted by molar-refractivity contribution is 6.09. The number of nitrogens with zero attached hydrogens (tertiary/aromatic N) is 1. The first-order valence-corrected chi connectivity index (χ1v) is 10.3. The fourth-order valence-electron chi connectivity index (χ4n) is 3.98. The standard InChI is InChI=1S/C23H27N3O3/c1-4-9-26-12-18-20(23(26)29)14(3)21(24-18)22(28)25-17-11-16(8-5-13(17)2)19(27)10-15-6-7-15/h5,8,11,15,24H,4,6-7,9-10,12H2,1-3H3,(H,25,28). The van der Waals surface area contributed by atoms with Gasteiger partial charge < -0.3 is 15.2 Å². The van der Waals surface area contributed by atoms with Gasteiger partial charge in [-0.3, -0.25) is 14.4 Å². The summed E-state index contributed by atoms with van der Waals surface area (Å²) in [5, 5.41) is 2.92. The van der Waals surface area contributed by atoms with Gasteiger partial charge in [0.15, 0.2) is 5.78 Å². The van der Waals surface area contributed by atoms with Crippen LogP contribution < -0.4 is 5.32 Å². The Balaban J connectivity index is 1.53. The molecule has 1 aromatic carbocycles. The fraction of sp³-hybridized carbons (Fsp3) is 0.435. The van der Waals surface area contributed by atoms with E-state index >= 15 is 0 Å². The molecule has 1 fully saturated rings. The molecule has 0 radical (unpaired) electrons. The summed E-state index contributed by atoms with van der Waals surface area (Å²) in [7, 11) is 0. The Hall–Kier alpha value is -2.89. The summed E-state index contributed by atoms with van der Waals surface area (Å²) in [6.45, 7) is 6.97. The lowest BCUT2D eigenvalue weighted by Gasteiger charge is -2.15. The first-order valence-electron chi connectivity index (χ1n) is 10.3. The zero-order valence-corrected chi connectivity index (χ0v) is 17.2. The topological polar surface area (TPSA) is 82.3 Å². The minimum absolute atomic E-state index is 0.0153. The van der Waals surface area contributed by atoms with Gasteiger partial charge in [-0.1, -0.05) is 19.1 Å². The molecule has 2 heterocycles. The van der Waals surface area contributed by atoms with Gasteiger partial charge in [-0.25, -0.2) is 0 Å². The molecule has 152 valence electrons.